The second-order valence-corrected chi connectivity index (χ2v) is 8.86. The van der Waals surface area contributed by atoms with E-state index in [-0.39, 0.29) is 11.8 Å². The lowest BCUT2D eigenvalue weighted by Gasteiger charge is -2.26. The molecule has 4 aromatic rings. The maximum absolute atomic E-state index is 12.7. The maximum Gasteiger partial charge on any atom is 0.225 e. The smallest absolute Gasteiger partial charge is 0.225 e. The van der Waals surface area contributed by atoms with Gasteiger partial charge < -0.3 is 15.0 Å². The molecule has 9 heteroatoms. The quantitative estimate of drug-likeness (QED) is 0.514. The van der Waals surface area contributed by atoms with Gasteiger partial charge in [-0.1, -0.05) is 0 Å². The molecule has 0 aromatic carbocycles. The number of thiophene rings is 1. The molecule has 31 heavy (non-hydrogen) atoms. The zero-order valence-electron chi connectivity index (χ0n) is 17.8. The van der Waals surface area contributed by atoms with Crippen molar-refractivity contribution in [1.82, 2.24) is 24.5 Å². The van der Waals surface area contributed by atoms with Crippen LogP contribution in [0.4, 0.5) is 11.5 Å². The maximum atomic E-state index is 12.7. The highest BCUT2D eigenvalue weighted by Gasteiger charge is 2.30. The molecule has 160 valence electrons. The number of nitrogens with one attached hydrogen (secondary N) is 1. The van der Waals surface area contributed by atoms with E-state index >= 15 is 0 Å². The summed E-state index contributed by atoms with van der Waals surface area (Å²) < 4.78 is 7.34. The number of carbonyl (C=O) groups excluding carboxylic acids is 1. The second kappa shape index (κ2) is 7.81. The molecule has 1 N–H and O–H groups in total. The highest BCUT2D eigenvalue weighted by atomic mass is 32.1. The fraction of sp³-hybridized carbons (Fsp3) is 0.364. The van der Waals surface area contributed by atoms with Gasteiger partial charge >= 0.3 is 0 Å². The lowest BCUT2D eigenvalue weighted by atomic mass is 9.87. The average Bonchev–Trinajstić information content (AvgIpc) is 3.40. The molecule has 0 fully saturated rings. The van der Waals surface area contributed by atoms with Gasteiger partial charge in [0.25, 0.3) is 0 Å². The van der Waals surface area contributed by atoms with Gasteiger partial charge in [-0.15, -0.1) is 11.3 Å². The number of aromatic nitrogens is 4. The third-order valence-electron chi connectivity index (χ3n) is 6.02. The van der Waals surface area contributed by atoms with Crippen LogP contribution in [0.5, 0.6) is 5.75 Å². The van der Waals surface area contributed by atoms with Crippen LogP contribution in [0.15, 0.2) is 30.9 Å². The number of pyridine rings is 1. The van der Waals surface area contributed by atoms with E-state index in [1.807, 2.05) is 37.2 Å². The molecular weight excluding hydrogens is 412 g/mol. The van der Waals surface area contributed by atoms with Crippen LogP contribution in [0.2, 0.25) is 0 Å². The van der Waals surface area contributed by atoms with Crippen molar-refractivity contribution in [3.63, 3.8) is 0 Å². The Morgan fingerprint density at radius 2 is 2.29 bits per heavy atom. The molecule has 0 spiro atoms. The Morgan fingerprint density at radius 3 is 3.10 bits per heavy atom. The number of carbonyl (C=O) groups is 1. The van der Waals surface area contributed by atoms with Gasteiger partial charge in [0, 0.05) is 30.6 Å². The number of rotatable bonds is 5. The Kier molecular flexibility index (Phi) is 4.97. The average molecular weight is 437 g/mol. The monoisotopic (exact) mass is 436 g/mol. The van der Waals surface area contributed by atoms with Gasteiger partial charge in [-0.2, -0.15) is 5.10 Å². The summed E-state index contributed by atoms with van der Waals surface area (Å²) in [5, 5.41) is 8.78. The Hall–Kier alpha value is -3.20. The number of fused-ring (bicyclic) bond motifs is 4. The topological polar surface area (TPSA) is 84.7 Å². The fourth-order valence-corrected chi connectivity index (χ4v) is 5.48. The summed E-state index contributed by atoms with van der Waals surface area (Å²) in [6, 6.07) is 3.94. The van der Waals surface area contributed by atoms with Crippen molar-refractivity contribution >= 4 is 44.5 Å². The number of amides is 1. The van der Waals surface area contributed by atoms with E-state index in [0.717, 1.165) is 53.0 Å². The summed E-state index contributed by atoms with van der Waals surface area (Å²) in [7, 11) is 3.52. The first-order valence-corrected chi connectivity index (χ1v) is 11.2. The number of nitrogens with zero attached hydrogens (tertiary/aromatic N) is 5. The Bertz CT molecular complexity index is 1280. The van der Waals surface area contributed by atoms with Crippen LogP contribution in [0.25, 0.3) is 15.7 Å². The molecule has 0 aliphatic heterocycles. The molecule has 0 bridgehead atoms. The van der Waals surface area contributed by atoms with E-state index in [9.17, 15) is 4.79 Å². The fourth-order valence-electron chi connectivity index (χ4n) is 4.22. The van der Waals surface area contributed by atoms with Gasteiger partial charge in [-0.3, -0.25) is 4.79 Å². The van der Waals surface area contributed by atoms with Crippen LogP contribution < -0.4 is 10.1 Å². The van der Waals surface area contributed by atoms with Crippen LogP contribution in [0, 0.1) is 5.92 Å². The van der Waals surface area contributed by atoms with Crippen LogP contribution in [-0.4, -0.2) is 51.1 Å². The summed E-state index contributed by atoms with van der Waals surface area (Å²) in [6.45, 7) is 2.74. The first-order chi connectivity index (χ1) is 15.1. The van der Waals surface area contributed by atoms with Gasteiger partial charge in [0.15, 0.2) is 5.75 Å². The lowest BCUT2D eigenvalue weighted by Crippen LogP contribution is -2.35. The first kappa shape index (κ1) is 19.7. The highest BCUT2D eigenvalue weighted by molar-refractivity contribution is 7.19. The van der Waals surface area contributed by atoms with E-state index in [1.54, 1.807) is 35.5 Å². The van der Waals surface area contributed by atoms with E-state index < -0.39 is 0 Å². The van der Waals surface area contributed by atoms with E-state index in [1.165, 1.54) is 10.4 Å². The van der Waals surface area contributed by atoms with Crippen LogP contribution in [-0.2, 0) is 17.6 Å². The molecule has 1 amide bonds. The number of hydrogen-bond donors (Lipinski definition) is 1. The predicted octanol–water partition coefficient (Wildman–Crippen LogP) is 3.67. The van der Waals surface area contributed by atoms with Crippen molar-refractivity contribution in [1.29, 1.82) is 0 Å². The van der Waals surface area contributed by atoms with Crippen molar-refractivity contribution in [2.75, 3.05) is 26.0 Å². The highest BCUT2D eigenvalue weighted by Crippen LogP contribution is 2.41. The summed E-state index contributed by atoms with van der Waals surface area (Å²) >= 11 is 1.67. The van der Waals surface area contributed by atoms with Gasteiger partial charge in [-0.25, -0.2) is 14.5 Å². The van der Waals surface area contributed by atoms with Crippen LogP contribution in [0.1, 0.15) is 23.8 Å². The minimum atomic E-state index is 0.0410. The van der Waals surface area contributed by atoms with Crippen molar-refractivity contribution in [2.24, 2.45) is 5.92 Å². The molecule has 1 aliphatic carbocycles. The van der Waals surface area contributed by atoms with Crippen molar-refractivity contribution < 1.29 is 9.53 Å². The standard InChI is InChI=1S/C22H24N6O2S/c1-4-27(2)22(29)13-5-6-15-18(9-13)31-21-19(15)20(23-12-24-21)26-16-10-14-7-8-25-28(14)11-17(16)30-3/h7-8,10-13H,4-6,9H2,1-3H3,(H,23,24,26). The van der Waals surface area contributed by atoms with E-state index in [4.69, 9.17) is 4.74 Å². The molecule has 4 heterocycles. The zero-order valence-corrected chi connectivity index (χ0v) is 18.6. The molecule has 0 saturated heterocycles. The third kappa shape index (κ3) is 3.38. The van der Waals surface area contributed by atoms with Crippen LogP contribution in [0.3, 0.4) is 0 Å². The first-order valence-electron chi connectivity index (χ1n) is 10.4. The number of hydrogen-bond acceptors (Lipinski definition) is 7. The molecule has 5 rings (SSSR count). The number of ether oxygens (including phenoxy) is 1. The predicted molar refractivity (Wildman–Crippen MR) is 121 cm³/mol. The Labute approximate surface area is 183 Å². The summed E-state index contributed by atoms with van der Waals surface area (Å²) in [4.78, 5) is 25.8. The molecule has 1 aliphatic rings. The zero-order chi connectivity index (χ0) is 21.5. The van der Waals surface area contributed by atoms with Gasteiger partial charge in [0.05, 0.1) is 29.9 Å². The second-order valence-electron chi connectivity index (χ2n) is 7.78. The minimum Gasteiger partial charge on any atom is -0.493 e. The van der Waals surface area contributed by atoms with Crippen molar-refractivity contribution in [2.45, 2.75) is 26.2 Å². The summed E-state index contributed by atoms with van der Waals surface area (Å²) in [5.74, 6) is 1.72. The molecule has 0 saturated carbocycles. The van der Waals surface area contributed by atoms with E-state index in [2.05, 4.69) is 20.4 Å². The van der Waals surface area contributed by atoms with Gasteiger partial charge in [0.1, 0.15) is 17.0 Å². The minimum absolute atomic E-state index is 0.0410. The molecule has 1 unspecified atom stereocenters. The van der Waals surface area contributed by atoms with Gasteiger partial charge in [-0.05, 0) is 43.9 Å². The SMILES string of the molecule is CCN(C)C(=O)C1CCc2c(sc3ncnc(Nc4cc5ccnn5cc4OC)c23)C1. The number of aryl methyl sites for hydroxylation is 1. The number of methoxy groups -OCH3 is 1. The Morgan fingerprint density at radius 1 is 1.42 bits per heavy atom. The molecule has 0 radical (unpaired) electrons. The van der Waals surface area contributed by atoms with E-state index in [0.29, 0.717) is 5.75 Å². The molecule has 8 nitrogen and oxygen atoms in total. The summed E-state index contributed by atoms with van der Waals surface area (Å²) in [6.07, 6.45) is 7.66. The lowest BCUT2D eigenvalue weighted by molar-refractivity contribution is -0.134. The third-order valence-corrected chi connectivity index (χ3v) is 7.18. The largest absolute Gasteiger partial charge is 0.493 e. The van der Waals surface area contributed by atoms with Crippen molar-refractivity contribution in [3.05, 3.63) is 41.3 Å². The normalized spacial score (nSPS) is 15.8. The van der Waals surface area contributed by atoms with Crippen LogP contribution >= 0.6 is 11.3 Å². The Balaban J connectivity index is 1.52. The molecule has 1 atom stereocenters. The van der Waals surface area contributed by atoms with Crippen molar-refractivity contribution in [3.8, 4) is 5.75 Å². The number of anilines is 2. The molecule has 4 aromatic heterocycles. The summed E-state index contributed by atoms with van der Waals surface area (Å²) in [5.41, 5.74) is 3.04. The molecular formula is C22H24N6O2S. The van der Waals surface area contributed by atoms with Gasteiger partial charge in [0.2, 0.25) is 5.91 Å².